The fourth-order valence-electron chi connectivity index (χ4n) is 3.00. The van der Waals surface area contributed by atoms with Crippen molar-refractivity contribution < 1.29 is 14.3 Å². The molecular formula is C23H23ClN2O3. The Bertz CT molecular complexity index is 1040. The van der Waals surface area contributed by atoms with Crippen LogP contribution in [0.3, 0.4) is 0 Å². The standard InChI is InChI=1S/C23H23ClN2O3/c1-4-26-20(11-12-25-26)21(27)8-5-17-6-9-23(28-3)18(14-17)15-29-22-10-7-19(24)13-16(22)2/h5-14H,4,15H2,1-3H3/b8-5+. The molecule has 1 aromatic heterocycles. The number of ether oxygens (including phenoxy) is 2. The number of benzene rings is 2. The monoisotopic (exact) mass is 410 g/mol. The Hall–Kier alpha value is -3.05. The van der Waals surface area contributed by atoms with Gasteiger partial charge in [-0.05, 0) is 67.4 Å². The van der Waals surface area contributed by atoms with Crippen LogP contribution in [-0.4, -0.2) is 22.7 Å². The van der Waals surface area contributed by atoms with Crippen molar-refractivity contribution in [3.8, 4) is 11.5 Å². The first-order valence-corrected chi connectivity index (χ1v) is 9.69. The highest BCUT2D eigenvalue weighted by Gasteiger charge is 2.09. The third-order valence-electron chi connectivity index (χ3n) is 4.52. The van der Waals surface area contributed by atoms with E-state index in [9.17, 15) is 4.79 Å². The quantitative estimate of drug-likeness (QED) is 0.371. The highest BCUT2D eigenvalue weighted by molar-refractivity contribution is 6.30. The topological polar surface area (TPSA) is 53.4 Å². The Morgan fingerprint density at radius 2 is 1.97 bits per heavy atom. The Morgan fingerprint density at radius 1 is 1.17 bits per heavy atom. The van der Waals surface area contributed by atoms with Crippen LogP contribution in [0.15, 0.2) is 54.7 Å². The highest BCUT2D eigenvalue weighted by atomic mass is 35.5. The van der Waals surface area contributed by atoms with Crippen LogP contribution >= 0.6 is 11.6 Å². The SMILES string of the molecule is CCn1nccc1C(=O)/C=C/c1ccc(OC)c(COc2ccc(Cl)cc2C)c1. The summed E-state index contributed by atoms with van der Waals surface area (Å²) in [5, 5.41) is 4.81. The van der Waals surface area contributed by atoms with E-state index in [4.69, 9.17) is 21.1 Å². The number of rotatable bonds is 8. The fourth-order valence-corrected chi connectivity index (χ4v) is 3.22. The van der Waals surface area contributed by atoms with Gasteiger partial charge in [-0.25, -0.2) is 0 Å². The second-order valence-electron chi connectivity index (χ2n) is 6.50. The zero-order valence-corrected chi connectivity index (χ0v) is 17.4. The van der Waals surface area contributed by atoms with Gasteiger partial charge in [0, 0.05) is 23.3 Å². The summed E-state index contributed by atoms with van der Waals surface area (Å²) in [4.78, 5) is 12.4. The molecule has 0 aliphatic rings. The number of aryl methyl sites for hydroxylation is 2. The van der Waals surface area contributed by atoms with E-state index in [0.29, 0.717) is 23.9 Å². The largest absolute Gasteiger partial charge is 0.496 e. The minimum atomic E-state index is -0.0882. The van der Waals surface area contributed by atoms with Gasteiger partial charge in [0.2, 0.25) is 5.78 Å². The zero-order chi connectivity index (χ0) is 20.8. The van der Waals surface area contributed by atoms with Gasteiger partial charge in [0.15, 0.2) is 0 Å². The number of nitrogens with zero attached hydrogens (tertiary/aromatic N) is 2. The van der Waals surface area contributed by atoms with Crippen LogP contribution in [0.2, 0.25) is 5.02 Å². The molecule has 0 spiro atoms. The number of carbonyl (C=O) groups excluding carboxylic acids is 1. The molecule has 0 aliphatic carbocycles. The number of hydrogen-bond donors (Lipinski definition) is 0. The average molecular weight is 411 g/mol. The van der Waals surface area contributed by atoms with Crippen LogP contribution in [0.1, 0.15) is 34.1 Å². The summed E-state index contributed by atoms with van der Waals surface area (Å²) in [5.41, 5.74) is 3.30. The summed E-state index contributed by atoms with van der Waals surface area (Å²) < 4.78 is 13.1. The maximum atomic E-state index is 12.4. The fraction of sp³-hybridized carbons (Fsp3) is 0.217. The molecule has 0 saturated carbocycles. The average Bonchev–Trinajstić information content (AvgIpc) is 3.20. The second-order valence-corrected chi connectivity index (χ2v) is 6.94. The molecule has 0 atom stereocenters. The van der Waals surface area contributed by atoms with Crippen molar-refractivity contribution in [1.82, 2.24) is 9.78 Å². The van der Waals surface area contributed by atoms with E-state index in [1.807, 2.05) is 44.2 Å². The lowest BCUT2D eigenvalue weighted by molar-refractivity contribution is 0.103. The van der Waals surface area contributed by atoms with Crippen LogP contribution in [0.5, 0.6) is 11.5 Å². The van der Waals surface area contributed by atoms with Crippen LogP contribution in [0, 0.1) is 6.92 Å². The summed E-state index contributed by atoms with van der Waals surface area (Å²) in [6.45, 7) is 4.88. The summed E-state index contributed by atoms with van der Waals surface area (Å²) in [6, 6.07) is 12.9. The van der Waals surface area contributed by atoms with E-state index in [1.165, 1.54) is 0 Å². The van der Waals surface area contributed by atoms with Crippen LogP contribution < -0.4 is 9.47 Å². The lowest BCUT2D eigenvalue weighted by atomic mass is 10.1. The maximum absolute atomic E-state index is 12.4. The van der Waals surface area contributed by atoms with E-state index in [1.54, 1.807) is 42.3 Å². The maximum Gasteiger partial charge on any atom is 0.203 e. The van der Waals surface area contributed by atoms with Gasteiger partial charge in [-0.1, -0.05) is 23.7 Å². The molecule has 0 unspecified atom stereocenters. The van der Waals surface area contributed by atoms with Crippen molar-refractivity contribution >= 4 is 23.5 Å². The van der Waals surface area contributed by atoms with Crippen LogP contribution in [0.4, 0.5) is 0 Å². The number of hydrogen-bond acceptors (Lipinski definition) is 4. The molecule has 0 N–H and O–H groups in total. The first-order valence-electron chi connectivity index (χ1n) is 9.32. The van der Waals surface area contributed by atoms with Crippen molar-refractivity contribution in [3.63, 3.8) is 0 Å². The molecule has 0 saturated heterocycles. The third kappa shape index (κ3) is 5.06. The van der Waals surface area contributed by atoms with Crippen molar-refractivity contribution in [2.24, 2.45) is 0 Å². The number of methoxy groups -OCH3 is 1. The molecule has 29 heavy (non-hydrogen) atoms. The highest BCUT2D eigenvalue weighted by Crippen LogP contribution is 2.26. The molecular weight excluding hydrogens is 388 g/mol. The molecule has 3 aromatic rings. The molecule has 1 heterocycles. The number of allylic oxidation sites excluding steroid dienone is 1. The van der Waals surface area contributed by atoms with Crippen molar-refractivity contribution in [1.29, 1.82) is 0 Å². The third-order valence-corrected chi connectivity index (χ3v) is 4.76. The lowest BCUT2D eigenvalue weighted by Gasteiger charge is -2.13. The van der Waals surface area contributed by atoms with Gasteiger partial charge in [0.25, 0.3) is 0 Å². The Labute approximate surface area is 175 Å². The van der Waals surface area contributed by atoms with Crippen LogP contribution in [0.25, 0.3) is 6.08 Å². The van der Waals surface area contributed by atoms with Gasteiger partial charge in [0.1, 0.15) is 23.8 Å². The number of aromatic nitrogens is 2. The lowest BCUT2D eigenvalue weighted by Crippen LogP contribution is -2.07. The van der Waals surface area contributed by atoms with Crippen LogP contribution in [-0.2, 0) is 13.2 Å². The Kier molecular flexibility index (Phi) is 6.73. The zero-order valence-electron chi connectivity index (χ0n) is 16.7. The molecule has 0 aliphatic heterocycles. The normalized spacial score (nSPS) is 11.0. The number of ketones is 1. The van der Waals surface area contributed by atoms with E-state index in [-0.39, 0.29) is 5.78 Å². The van der Waals surface area contributed by atoms with E-state index < -0.39 is 0 Å². The van der Waals surface area contributed by atoms with Gasteiger partial charge in [-0.3, -0.25) is 9.48 Å². The van der Waals surface area contributed by atoms with Gasteiger partial charge in [0.05, 0.1) is 7.11 Å². The van der Waals surface area contributed by atoms with E-state index >= 15 is 0 Å². The molecule has 0 amide bonds. The molecule has 0 fully saturated rings. The van der Waals surface area contributed by atoms with Crippen molar-refractivity contribution in [3.05, 3.63) is 82.1 Å². The minimum absolute atomic E-state index is 0.0882. The summed E-state index contributed by atoms with van der Waals surface area (Å²) in [7, 11) is 1.62. The van der Waals surface area contributed by atoms with Gasteiger partial charge in [-0.15, -0.1) is 0 Å². The smallest absolute Gasteiger partial charge is 0.203 e. The van der Waals surface area contributed by atoms with E-state index in [0.717, 1.165) is 28.2 Å². The van der Waals surface area contributed by atoms with Crippen molar-refractivity contribution in [2.75, 3.05) is 7.11 Å². The first kappa shape index (κ1) is 20.7. The molecule has 3 rings (SSSR count). The predicted octanol–water partition coefficient (Wildman–Crippen LogP) is 5.35. The molecule has 0 radical (unpaired) electrons. The molecule has 0 bridgehead atoms. The summed E-state index contributed by atoms with van der Waals surface area (Å²) in [6.07, 6.45) is 4.97. The second kappa shape index (κ2) is 9.43. The Morgan fingerprint density at radius 3 is 2.69 bits per heavy atom. The summed E-state index contributed by atoms with van der Waals surface area (Å²) >= 11 is 6.00. The van der Waals surface area contributed by atoms with Gasteiger partial charge in [-0.2, -0.15) is 5.10 Å². The minimum Gasteiger partial charge on any atom is -0.496 e. The van der Waals surface area contributed by atoms with Gasteiger partial charge >= 0.3 is 0 Å². The molecule has 5 nitrogen and oxygen atoms in total. The van der Waals surface area contributed by atoms with Crippen molar-refractivity contribution in [2.45, 2.75) is 27.0 Å². The predicted molar refractivity (Wildman–Crippen MR) is 115 cm³/mol. The molecule has 150 valence electrons. The Balaban J connectivity index is 1.76. The molecule has 6 heteroatoms. The number of carbonyl (C=O) groups is 1. The summed E-state index contributed by atoms with van der Waals surface area (Å²) in [5.74, 6) is 1.40. The van der Waals surface area contributed by atoms with Gasteiger partial charge < -0.3 is 9.47 Å². The van der Waals surface area contributed by atoms with E-state index in [2.05, 4.69) is 5.10 Å². The first-order chi connectivity index (χ1) is 14.0. The number of halogens is 1. The molecule has 2 aromatic carbocycles.